The molecule has 1 N–H and O–H groups in total. The summed E-state index contributed by atoms with van der Waals surface area (Å²) in [5, 5.41) is -1.32. The van der Waals surface area contributed by atoms with Gasteiger partial charge in [-0.3, -0.25) is 4.55 Å². The first-order valence-electron chi connectivity index (χ1n) is 6.53. The van der Waals surface area contributed by atoms with Gasteiger partial charge in [-0.25, -0.2) is 8.42 Å². The fraction of sp³-hybridized carbons (Fsp3) is 1.00. The summed E-state index contributed by atoms with van der Waals surface area (Å²) in [7, 11) is -7.32. The molecule has 114 valence electrons. The van der Waals surface area contributed by atoms with Gasteiger partial charge in [-0.1, -0.05) is 0 Å². The van der Waals surface area contributed by atoms with Crippen molar-refractivity contribution in [1.29, 1.82) is 0 Å². The fourth-order valence-electron chi connectivity index (χ4n) is 2.28. The minimum absolute atomic E-state index is 0.142. The number of nitrogens with zero attached hydrogens (tertiary/aromatic N) is 1. The maximum atomic E-state index is 12.1. The second-order valence-corrected chi connectivity index (χ2v) is 9.68. The Morgan fingerprint density at radius 1 is 1.21 bits per heavy atom. The van der Waals surface area contributed by atoms with Crippen molar-refractivity contribution in [2.75, 3.05) is 6.54 Å². The van der Waals surface area contributed by atoms with Crippen molar-refractivity contribution >= 4 is 20.1 Å². The van der Waals surface area contributed by atoms with Gasteiger partial charge < -0.3 is 0 Å². The monoisotopic (exact) mass is 313 g/mol. The van der Waals surface area contributed by atoms with Crippen molar-refractivity contribution in [1.82, 2.24) is 4.31 Å². The van der Waals surface area contributed by atoms with Crippen molar-refractivity contribution in [2.24, 2.45) is 0 Å². The third-order valence-electron chi connectivity index (χ3n) is 3.66. The first-order valence-corrected chi connectivity index (χ1v) is 9.54. The van der Waals surface area contributed by atoms with Crippen LogP contribution in [0.3, 0.4) is 0 Å². The summed E-state index contributed by atoms with van der Waals surface area (Å²) in [6.45, 7) is 5.23. The molecule has 1 aliphatic heterocycles. The Bertz CT molecular complexity index is 497. The SMILES string of the molecule is CC(CCC1CCCN1S(=O)(=O)C(C)C)S(=O)(=O)O. The van der Waals surface area contributed by atoms with Gasteiger partial charge in [0.2, 0.25) is 10.0 Å². The Kier molecular flexibility index (Phi) is 5.39. The van der Waals surface area contributed by atoms with Crippen LogP contribution in [-0.2, 0) is 20.1 Å². The van der Waals surface area contributed by atoms with Gasteiger partial charge in [0.25, 0.3) is 10.1 Å². The molecular formula is C11H23NO5S2. The first-order chi connectivity index (χ1) is 8.56. The molecule has 2 unspecified atom stereocenters. The van der Waals surface area contributed by atoms with E-state index in [0.29, 0.717) is 13.0 Å². The highest BCUT2D eigenvalue weighted by Gasteiger charge is 2.36. The first kappa shape index (κ1) is 16.9. The molecule has 19 heavy (non-hydrogen) atoms. The van der Waals surface area contributed by atoms with Crippen LogP contribution in [0, 0.1) is 0 Å². The van der Waals surface area contributed by atoms with E-state index in [4.69, 9.17) is 4.55 Å². The molecule has 6 nitrogen and oxygen atoms in total. The number of rotatable bonds is 6. The lowest BCUT2D eigenvalue weighted by Crippen LogP contribution is -2.40. The van der Waals surface area contributed by atoms with Crippen molar-refractivity contribution in [3.8, 4) is 0 Å². The summed E-state index contributed by atoms with van der Waals surface area (Å²) < 4.78 is 56.6. The molecule has 0 saturated carbocycles. The van der Waals surface area contributed by atoms with Crippen molar-refractivity contribution in [3.63, 3.8) is 0 Å². The van der Waals surface area contributed by atoms with Crippen LogP contribution in [0.1, 0.15) is 46.5 Å². The molecule has 0 spiro atoms. The summed E-state index contributed by atoms with van der Waals surface area (Å²) in [6.07, 6.45) is 2.29. The highest BCUT2D eigenvalue weighted by molar-refractivity contribution is 7.89. The molecule has 1 rings (SSSR count). The second kappa shape index (κ2) is 6.07. The van der Waals surface area contributed by atoms with Crippen LogP contribution in [-0.4, -0.2) is 48.8 Å². The zero-order chi connectivity index (χ0) is 14.8. The number of hydrogen-bond acceptors (Lipinski definition) is 4. The average Bonchev–Trinajstić information content (AvgIpc) is 2.72. The molecule has 0 aromatic carbocycles. The van der Waals surface area contributed by atoms with Crippen molar-refractivity contribution in [2.45, 2.75) is 63.0 Å². The van der Waals surface area contributed by atoms with E-state index in [-0.39, 0.29) is 12.5 Å². The lowest BCUT2D eigenvalue weighted by molar-refractivity contribution is 0.357. The maximum Gasteiger partial charge on any atom is 0.267 e. The molecule has 0 aromatic heterocycles. The van der Waals surface area contributed by atoms with Gasteiger partial charge in [0.15, 0.2) is 0 Å². The van der Waals surface area contributed by atoms with E-state index in [2.05, 4.69) is 0 Å². The lowest BCUT2D eigenvalue weighted by atomic mass is 10.1. The standard InChI is InChI=1S/C11H23NO5S2/c1-9(2)18(13,14)12-8-4-5-11(12)7-6-10(3)19(15,16)17/h9-11H,4-8H2,1-3H3,(H,15,16,17). The Hall–Kier alpha value is -0.180. The zero-order valence-corrected chi connectivity index (χ0v) is 13.2. The number of hydrogen-bond donors (Lipinski definition) is 1. The van der Waals surface area contributed by atoms with Gasteiger partial charge in [0, 0.05) is 12.6 Å². The molecule has 2 atom stereocenters. The Balaban J connectivity index is 2.69. The molecule has 1 aliphatic rings. The minimum atomic E-state index is -4.03. The lowest BCUT2D eigenvalue weighted by Gasteiger charge is -2.26. The molecule has 0 amide bonds. The van der Waals surface area contributed by atoms with E-state index in [1.807, 2.05) is 0 Å². The zero-order valence-electron chi connectivity index (χ0n) is 11.6. The molecule has 1 fully saturated rings. The second-order valence-electron chi connectivity index (χ2n) is 5.40. The highest BCUT2D eigenvalue weighted by Crippen LogP contribution is 2.27. The molecule has 0 aromatic rings. The van der Waals surface area contributed by atoms with Gasteiger partial charge in [-0.15, -0.1) is 0 Å². The van der Waals surface area contributed by atoms with E-state index in [0.717, 1.165) is 12.8 Å². The summed E-state index contributed by atoms with van der Waals surface area (Å²) in [6, 6.07) is -0.142. The van der Waals surface area contributed by atoms with Crippen molar-refractivity contribution in [3.05, 3.63) is 0 Å². The largest absolute Gasteiger partial charge is 0.285 e. The Morgan fingerprint density at radius 2 is 1.79 bits per heavy atom. The quantitative estimate of drug-likeness (QED) is 0.745. The van der Waals surface area contributed by atoms with Crippen LogP contribution in [0.4, 0.5) is 0 Å². The fourth-order valence-corrected chi connectivity index (χ4v) is 4.26. The molecular weight excluding hydrogens is 290 g/mol. The average molecular weight is 313 g/mol. The third-order valence-corrected chi connectivity index (χ3v) is 7.24. The number of sulfonamides is 1. The van der Waals surface area contributed by atoms with Gasteiger partial charge >= 0.3 is 0 Å². The predicted octanol–water partition coefficient (Wildman–Crippen LogP) is 1.25. The smallest absolute Gasteiger partial charge is 0.267 e. The van der Waals surface area contributed by atoms with E-state index >= 15 is 0 Å². The highest BCUT2D eigenvalue weighted by atomic mass is 32.2. The Morgan fingerprint density at radius 3 is 2.26 bits per heavy atom. The van der Waals surface area contributed by atoms with Gasteiger partial charge in [0.1, 0.15) is 0 Å². The van der Waals surface area contributed by atoms with Gasteiger partial charge in [-0.05, 0) is 46.5 Å². The minimum Gasteiger partial charge on any atom is -0.285 e. The van der Waals surface area contributed by atoms with Crippen LogP contribution < -0.4 is 0 Å². The van der Waals surface area contributed by atoms with Gasteiger partial charge in [-0.2, -0.15) is 12.7 Å². The summed E-state index contributed by atoms with van der Waals surface area (Å²) in [4.78, 5) is 0. The van der Waals surface area contributed by atoms with E-state index in [1.165, 1.54) is 11.2 Å². The van der Waals surface area contributed by atoms with E-state index < -0.39 is 30.6 Å². The topological polar surface area (TPSA) is 91.8 Å². The van der Waals surface area contributed by atoms with E-state index in [9.17, 15) is 16.8 Å². The normalized spacial score (nSPS) is 23.9. The third kappa shape index (κ3) is 4.14. The molecule has 8 heteroatoms. The molecule has 1 saturated heterocycles. The molecule has 0 radical (unpaired) electrons. The Labute approximate surface area is 116 Å². The maximum absolute atomic E-state index is 12.1. The molecule has 0 aliphatic carbocycles. The predicted molar refractivity (Wildman–Crippen MR) is 74.0 cm³/mol. The van der Waals surface area contributed by atoms with Crippen molar-refractivity contribution < 1.29 is 21.4 Å². The molecule has 0 bridgehead atoms. The van der Waals surface area contributed by atoms with Crippen LogP contribution in [0.25, 0.3) is 0 Å². The summed E-state index contributed by atoms with van der Waals surface area (Å²) in [5.74, 6) is 0. The van der Waals surface area contributed by atoms with Gasteiger partial charge in [0.05, 0.1) is 10.5 Å². The van der Waals surface area contributed by atoms with Crippen LogP contribution >= 0.6 is 0 Å². The van der Waals surface area contributed by atoms with E-state index in [1.54, 1.807) is 13.8 Å². The van der Waals surface area contributed by atoms with Crippen LogP contribution in [0.5, 0.6) is 0 Å². The van der Waals surface area contributed by atoms with Crippen LogP contribution in [0.15, 0.2) is 0 Å². The molecule has 1 heterocycles. The summed E-state index contributed by atoms with van der Waals surface area (Å²) >= 11 is 0. The summed E-state index contributed by atoms with van der Waals surface area (Å²) in [5.41, 5.74) is 0. The van der Waals surface area contributed by atoms with Crippen LogP contribution in [0.2, 0.25) is 0 Å².